The molecule has 2 aromatic rings. The number of carbonyl (C=O) groups is 1. The number of benzene rings is 2. The van der Waals surface area contributed by atoms with E-state index in [0.29, 0.717) is 24.6 Å². The molecule has 1 saturated heterocycles. The van der Waals surface area contributed by atoms with Crippen LogP contribution in [-0.4, -0.2) is 37.2 Å². The molecule has 1 aliphatic heterocycles. The molecular formula is C19H20N2O6S. The van der Waals surface area contributed by atoms with Crippen LogP contribution in [0.1, 0.15) is 30.1 Å². The minimum absolute atomic E-state index is 0.0234. The molecule has 0 aromatic heterocycles. The molecule has 0 unspecified atom stereocenters. The molecule has 8 nitrogen and oxygen atoms in total. The van der Waals surface area contributed by atoms with Crippen molar-refractivity contribution >= 4 is 21.7 Å². The number of nitro benzene ring substituents is 1. The van der Waals surface area contributed by atoms with E-state index in [2.05, 4.69) is 6.92 Å². The Labute approximate surface area is 163 Å². The van der Waals surface area contributed by atoms with Crippen molar-refractivity contribution in [3.8, 4) is 5.75 Å². The molecular weight excluding hydrogens is 384 g/mol. The predicted molar refractivity (Wildman–Crippen MR) is 102 cm³/mol. The van der Waals surface area contributed by atoms with E-state index in [0.717, 1.165) is 18.9 Å². The monoisotopic (exact) mass is 404 g/mol. The first-order valence-corrected chi connectivity index (χ1v) is 10.3. The highest BCUT2D eigenvalue weighted by atomic mass is 32.2. The van der Waals surface area contributed by atoms with Gasteiger partial charge in [-0.15, -0.1) is 0 Å². The topological polar surface area (TPSA) is 107 Å². The molecule has 0 radical (unpaired) electrons. The van der Waals surface area contributed by atoms with Gasteiger partial charge in [0, 0.05) is 30.8 Å². The number of piperidine rings is 1. The molecule has 0 saturated carbocycles. The molecule has 148 valence electrons. The van der Waals surface area contributed by atoms with E-state index in [-0.39, 0.29) is 22.2 Å². The fraction of sp³-hybridized carbons (Fsp3) is 0.316. The third-order valence-electron chi connectivity index (χ3n) is 4.70. The number of non-ortho nitro benzene ring substituents is 1. The van der Waals surface area contributed by atoms with Crippen LogP contribution < -0.4 is 4.18 Å². The van der Waals surface area contributed by atoms with E-state index in [1.165, 1.54) is 42.5 Å². The zero-order valence-corrected chi connectivity index (χ0v) is 16.1. The standard InChI is InChI=1S/C19H20N2O6S/c1-14-9-11-20(12-10-14)19(22)15-5-7-17(8-6-15)27-28(25,26)18-4-2-3-16(13-18)21(23)24/h2-8,13-14H,9-12H2,1H3. The summed E-state index contributed by atoms with van der Waals surface area (Å²) in [5, 5.41) is 10.8. The Morgan fingerprint density at radius 2 is 1.79 bits per heavy atom. The van der Waals surface area contributed by atoms with Crippen LogP contribution in [0.4, 0.5) is 5.69 Å². The summed E-state index contributed by atoms with van der Waals surface area (Å²) in [7, 11) is -4.23. The van der Waals surface area contributed by atoms with Gasteiger partial charge >= 0.3 is 10.1 Å². The van der Waals surface area contributed by atoms with Crippen LogP contribution in [0, 0.1) is 16.0 Å². The third-order valence-corrected chi connectivity index (χ3v) is 5.94. The van der Waals surface area contributed by atoms with E-state index in [1.54, 1.807) is 4.90 Å². The summed E-state index contributed by atoms with van der Waals surface area (Å²) in [6.45, 7) is 3.58. The molecule has 1 heterocycles. The number of nitro groups is 1. The number of amides is 1. The highest BCUT2D eigenvalue weighted by Gasteiger charge is 2.23. The Morgan fingerprint density at radius 3 is 2.39 bits per heavy atom. The Bertz CT molecular complexity index is 980. The van der Waals surface area contributed by atoms with E-state index >= 15 is 0 Å². The summed E-state index contributed by atoms with van der Waals surface area (Å²) in [6.07, 6.45) is 1.93. The van der Waals surface area contributed by atoms with Gasteiger partial charge in [0.1, 0.15) is 10.6 Å². The lowest BCUT2D eigenvalue weighted by Gasteiger charge is -2.30. The molecule has 1 fully saturated rings. The molecule has 3 rings (SSSR count). The van der Waals surface area contributed by atoms with Gasteiger partial charge in [0.25, 0.3) is 11.6 Å². The van der Waals surface area contributed by atoms with Gasteiger partial charge in [-0.25, -0.2) is 0 Å². The smallest absolute Gasteiger partial charge is 0.339 e. The minimum Gasteiger partial charge on any atom is -0.379 e. The van der Waals surface area contributed by atoms with E-state index in [4.69, 9.17) is 4.18 Å². The molecule has 0 spiro atoms. The van der Waals surface area contributed by atoms with Crippen molar-refractivity contribution in [2.45, 2.75) is 24.7 Å². The van der Waals surface area contributed by atoms with E-state index < -0.39 is 15.0 Å². The van der Waals surface area contributed by atoms with Crippen LogP contribution in [0.15, 0.2) is 53.4 Å². The normalized spacial score (nSPS) is 15.2. The van der Waals surface area contributed by atoms with E-state index in [1.807, 2.05) is 0 Å². The molecule has 1 aliphatic rings. The molecule has 9 heteroatoms. The SMILES string of the molecule is CC1CCN(C(=O)c2ccc(OS(=O)(=O)c3cccc([N+](=O)[O-])c3)cc2)CC1. The van der Waals surface area contributed by atoms with Crippen LogP contribution in [-0.2, 0) is 10.1 Å². The Morgan fingerprint density at radius 1 is 1.14 bits per heavy atom. The first-order valence-electron chi connectivity index (χ1n) is 8.84. The largest absolute Gasteiger partial charge is 0.379 e. The Kier molecular flexibility index (Phi) is 5.64. The van der Waals surface area contributed by atoms with Gasteiger partial charge in [-0.05, 0) is 49.1 Å². The van der Waals surface area contributed by atoms with Crippen LogP contribution in [0.5, 0.6) is 5.75 Å². The second-order valence-electron chi connectivity index (χ2n) is 6.79. The van der Waals surface area contributed by atoms with Gasteiger partial charge in [-0.1, -0.05) is 13.0 Å². The van der Waals surface area contributed by atoms with Crippen molar-refractivity contribution in [2.24, 2.45) is 5.92 Å². The fourth-order valence-electron chi connectivity index (χ4n) is 2.97. The van der Waals surface area contributed by atoms with Crippen LogP contribution in [0.2, 0.25) is 0 Å². The van der Waals surface area contributed by atoms with Crippen molar-refractivity contribution in [2.75, 3.05) is 13.1 Å². The second-order valence-corrected chi connectivity index (χ2v) is 8.34. The number of hydrogen-bond donors (Lipinski definition) is 0. The quantitative estimate of drug-likeness (QED) is 0.430. The summed E-state index contributed by atoms with van der Waals surface area (Å²) in [4.78, 5) is 24.1. The number of likely N-dealkylation sites (tertiary alicyclic amines) is 1. The Hall–Kier alpha value is -2.94. The summed E-state index contributed by atoms with van der Waals surface area (Å²) in [6, 6.07) is 10.4. The lowest BCUT2D eigenvalue weighted by molar-refractivity contribution is -0.385. The molecule has 0 atom stereocenters. The number of nitrogens with zero attached hydrogens (tertiary/aromatic N) is 2. The third kappa shape index (κ3) is 4.48. The minimum atomic E-state index is -4.23. The molecule has 0 N–H and O–H groups in total. The maximum Gasteiger partial charge on any atom is 0.339 e. The van der Waals surface area contributed by atoms with Gasteiger partial charge in [-0.2, -0.15) is 8.42 Å². The molecule has 1 amide bonds. The van der Waals surface area contributed by atoms with Crippen molar-refractivity contribution < 1.29 is 22.3 Å². The van der Waals surface area contributed by atoms with Crippen molar-refractivity contribution in [3.05, 3.63) is 64.2 Å². The average molecular weight is 404 g/mol. The lowest BCUT2D eigenvalue weighted by atomic mass is 9.98. The summed E-state index contributed by atoms with van der Waals surface area (Å²) >= 11 is 0. The predicted octanol–water partition coefficient (Wildman–Crippen LogP) is 3.23. The average Bonchev–Trinajstić information content (AvgIpc) is 2.68. The zero-order chi connectivity index (χ0) is 20.3. The van der Waals surface area contributed by atoms with Gasteiger partial charge in [0.05, 0.1) is 4.92 Å². The Balaban J connectivity index is 1.72. The maximum atomic E-state index is 12.5. The van der Waals surface area contributed by atoms with Crippen LogP contribution in [0.25, 0.3) is 0 Å². The van der Waals surface area contributed by atoms with Gasteiger partial charge < -0.3 is 9.08 Å². The first kappa shape index (κ1) is 19.8. The second kappa shape index (κ2) is 7.97. The molecule has 2 aromatic carbocycles. The van der Waals surface area contributed by atoms with Crippen LogP contribution >= 0.6 is 0 Å². The van der Waals surface area contributed by atoms with Gasteiger partial charge in [0.15, 0.2) is 0 Å². The highest BCUT2D eigenvalue weighted by Crippen LogP contribution is 2.23. The summed E-state index contributed by atoms with van der Waals surface area (Å²) in [5.41, 5.74) is 0.108. The maximum absolute atomic E-state index is 12.5. The number of carbonyl (C=O) groups excluding carboxylic acids is 1. The van der Waals surface area contributed by atoms with Crippen LogP contribution in [0.3, 0.4) is 0 Å². The summed E-state index contributed by atoms with van der Waals surface area (Å²) < 4.78 is 29.7. The lowest BCUT2D eigenvalue weighted by Crippen LogP contribution is -2.37. The van der Waals surface area contributed by atoms with E-state index in [9.17, 15) is 23.3 Å². The first-order chi connectivity index (χ1) is 13.3. The van der Waals surface area contributed by atoms with Crippen molar-refractivity contribution in [1.29, 1.82) is 0 Å². The highest BCUT2D eigenvalue weighted by molar-refractivity contribution is 7.87. The molecule has 0 aliphatic carbocycles. The van der Waals surface area contributed by atoms with Crippen molar-refractivity contribution in [1.82, 2.24) is 4.90 Å². The van der Waals surface area contributed by atoms with Gasteiger partial charge in [0.2, 0.25) is 0 Å². The van der Waals surface area contributed by atoms with Gasteiger partial charge in [-0.3, -0.25) is 14.9 Å². The fourth-order valence-corrected chi connectivity index (χ4v) is 3.95. The van der Waals surface area contributed by atoms with Crippen molar-refractivity contribution in [3.63, 3.8) is 0 Å². The zero-order valence-electron chi connectivity index (χ0n) is 15.3. The number of rotatable bonds is 5. The number of hydrogen-bond acceptors (Lipinski definition) is 6. The molecule has 28 heavy (non-hydrogen) atoms. The summed E-state index contributed by atoms with van der Waals surface area (Å²) in [5.74, 6) is 0.536. The molecule has 0 bridgehead atoms.